The Morgan fingerprint density at radius 1 is 0.917 bits per heavy atom. The molecule has 5 aromatic rings. The summed E-state index contributed by atoms with van der Waals surface area (Å²) >= 11 is 6.27. The fourth-order valence-corrected chi connectivity index (χ4v) is 12.1. The van der Waals surface area contributed by atoms with Crippen LogP contribution >= 0.6 is 11.6 Å². The van der Waals surface area contributed by atoms with E-state index in [0.29, 0.717) is 41.3 Å². The fraction of sp³-hybridized carbons (Fsp3) is 0.574. The summed E-state index contributed by atoms with van der Waals surface area (Å²) in [6.07, 6.45) is 15.3. The van der Waals surface area contributed by atoms with Crippen molar-refractivity contribution in [1.82, 2.24) is 44.7 Å². The predicted molar refractivity (Wildman–Crippen MR) is 280 cm³/mol. The minimum Gasteiger partial charge on any atom is -0.489 e. The van der Waals surface area contributed by atoms with E-state index in [9.17, 15) is 15.2 Å². The quantitative estimate of drug-likeness (QED) is 0.0701. The summed E-state index contributed by atoms with van der Waals surface area (Å²) in [5, 5.41) is 30.8. The van der Waals surface area contributed by atoms with Gasteiger partial charge in [-0.15, -0.1) is 0 Å². The van der Waals surface area contributed by atoms with Gasteiger partial charge in [-0.25, -0.2) is 19.9 Å². The summed E-state index contributed by atoms with van der Waals surface area (Å²) in [6.45, 7) is 21.1. The summed E-state index contributed by atoms with van der Waals surface area (Å²) in [5.74, 6) is 3.57. The van der Waals surface area contributed by atoms with Crippen LogP contribution < -0.4 is 29.9 Å². The Labute approximate surface area is 429 Å². The average Bonchev–Trinajstić information content (AvgIpc) is 3.82. The maximum Gasteiger partial charge on any atom is 0.289 e. The highest BCUT2D eigenvalue weighted by atomic mass is 35.5. The Hall–Kier alpha value is -5.80. The molecule has 384 valence electrons. The van der Waals surface area contributed by atoms with Crippen molar-refractivity contribution in [3.8, 4) is 17.7 Å². The first-order valence-corrected chi connectivity index (χ1v) is 26.5. The van der Waals surface area contributed by atoms with E-state index in [0.717, 1.165) is 138 Å². The number of piperazine rings is 1. The molecule has 3 saturated heterocycles. The molecule has 4 aliphatic rings. The SMILES string of the molecule is CCc1cnn2c(NCc3ccc(OCCCN4CCN(CC5CCN(c6cnc(C(=O)NC7C(C)(C)C(Oc8ccc(C#N)c(Cl)c8)C7(C)C)nc6)CC5)CC4)nc3)cc(N3CCCC[C@@H]3CCO)nc12. The molecule has 1 aliphatic carbocycles. The lowest BCUT2D eigenvalue weighted by atomic mass is 9.49. The number of piperidine rings is 2. The average molecular weight is 1000 g/mol. The molecule has 3 aliphatic heterocycles. The predicted octanol–water partition coefficient (Wildman–Crippen LogP) is 7.27. The number of nitrogens with one attached hydrogen (secondary N) is 2. The molecule has 0 bridgehead atoms. The second kappa shape index (κ2) is 22.5. The van der Waals surface area contributed by atoms with E-state index in [4.69, 9.17) is 26.1 Å². The molecule has 4 fully saturated rings. The van der Waals surface area contributed by atoms with Crippen LogP contribution in [0.4, 0.5) is 17.3 Å². The van der Waals surface area contributed by atoms with Gasteiger partial charge in [0.1, 0.15) is 29.6 Å². The number of aliphatic hydroxyl groups excluding tert-OH is 1. The minimum atomic E-state index is -0.384. The van der Waals surface area contributed by atoms with Crippen LogP contribution in [0.3, 0.4) is 0 Å². The van der Waals surface area contributed by atoms with Gasteiger partial charge in [0.25, 0.3) is 5.91 Å². The number of anilines is 3. The molecule has 4 aromatic heterocycles. The molecule has 3 N–H and O–H groups in total. The molecule has 17 nitrogen and oxygen atoms in total. The van der Waals surface area contributed by atoms with Crippen molar-refractivity contribution in [1.29, 1.82) is 5.26 Å². The number of ether oxygens (including phenoxy) is 2. The van der Waals surface area contributed by atoms with Gasteiger partial charge < -0.3 is 44.8 Å². The zero-order valence-corrected chi connectivity index (χ0v) is 43.5. The van der Waals surface area contributed by atoms with Gasteiger partial charge in [-0.1, -0.05) is 52.3 Å². The van der Waals surface area contributed by atoms with Crippen molar-refractivity contribution in [2.45, 2.75) is 111 Å². The minimum absolute atomic E-state index is 0.156. The molecular formula is C54H72ClN13O4. The monoisotopic (exact) mass is 1000 g/mol. The van der Waals surface area contributed by atoms with Crippen LogP contribution in [0.15, 0.2) is 61.2 Å². The van der Waals surface area contributed by atoms with Gasteiger partial charge >= 0.3 is 0 Å². The van der Waals surface area contributed by atoms with E-state index in [-0.39, 0.29) is 47.4 Å². The smallest absolute Gasteiger partial charge is 0.289 e. The molecule has 0 radical (unpaired) electrons. The zero-order chi connectivity index (χ0) is 50.4. The normalized spacial score (nSPS) is 21.5. The van der Waals surface area contributed by atoms with Gasteiger partial charge in [0.15, 0.2) is 5.65 Å². The van der Waals surface area contributed by atoms with Crippen LogP contribution in [-0.2, 0) is 13.0 Å². The Bertz CT molecular complexity index is 2640. The fourth-order valence-electron chi connectivity index (χ4n) is 11.9. The number of fused-ring (bicyclic) bond motifs is 1. The van der Waals surface area contributed by atoms with Crippen LogP contribution in [0, 0.1) is 28.1 Å². The summed E-state index contributed by atoms with van der Waals surface area (Å²) in [6, 6.07) is 13.4. The topological polar surface area (TPSA) is 185 Å². The van der Waals surface area contributed by atoms with E-state index < -0.39 is 0 Å². The van der Waals surface area contributed by atoms with Crippen molar-refractivity contribution in [3.63, 3.8) is 0 Å². The first-order valence-electron chi connectivity index (χ1n) is 26.1. The number of nitrogens with zero attached hydrogens (tertiary/aromatic N) is 11. The van der Waals surface area contributed by atoms with Gasteiger partial charge in [-0.05, 0) is 75.0 Å². The largest absolute Gasteiger partial charge is 0.489 e. The van der Waals surface area contributed by atoms with Gasteiger partial charge in [-0.2, -0.15) is 14.9 Å². The Kier molecular flexibility index (Phi) is 16.0. The lowest BCUT2D eigenvalue weighted by Gasteiger charge is -2.63. The van der Waals surface area contributed by atoms with Crippen molar-refractivity contribution in [2.24, 2.45) is 16.7 Å². The lowest BCUT2D eigenvalue weighted by Crippen LogP contribution is -2.74. The summed E-state index contributed by atoms with van der Waals surface area (Å²) in [5.41, 5.74) is 3.62. The highest BCUT2D eigenvalue weighted by Gasteiger charge is 2.64. The van der Waals surface area contributed by atoms with Crippen molar-refractivity contribution < 1.29 is 19.4 Å². The molecule has 18 heteroatoms. The van der Waals surface area contributed by atoms with Gasteiger partial charge in [0, 0.05) is 125 Å². The molecular weight excluding hydrogens is 930 g/mol. The molecule has 72 heavy (non-hydrogen) atoms. The molecule has 0 spiro atoms. The van der Waals surface area contributed by atoms with Crippen molar-refractivity contribution in [2.75, 3.05) is 87.2 Å². The third-order valence-corrected chi connectivity index (χ3v) is 16.0. The number of hydrogen-bond acceptors (Lipinski definition) is 15. The maximum absolute atomic E-state index is 13.4. The number of nitriles is 1. The first kappa shape index (κ1) is 51.1. The number of benzene rings is 1. The van der Waals surface area contributed by atoms with E-state index in [1.54, 1.807) is 30.6 Å². The number of pyridine rings is 1. The molecule has 1 atom stereocenters. The van der Waals surface area contributed by atoms with Crippen molar-refractivity contribution in [3.05, 3.63) is 88.7 Å². The number of aryl methyl sites for hydroxylation is 1. The van der Waals surface area contributed by atoms with Crippen LogP contribution in [0.2, 0.25) is 5.02 Å². The third kappa shape index (κ3) is 11.4. The van der Waals surface area contributed by atoms with Crippen LogP contribution in [-0.4, -0.2) is 141 Å². The zero-order valence-electron chi connectivity index (χ0n) is 42.7. The Balaban J connectivity index is 0.658. The van der Waals surface area contributed by atoms with Crippen LogP contribution in [0.5, 0.6) is 11.6 Å². The molecule has 1 amide bonds. The third-order valence-electron chi connectivity index (χ3n) is 15.7. The molecule has 0 unspecified atom stereocenters. The second-order valence-electron chi connectivity index (χ2n) is 21.3. The molecule has 1 aromatic carbocycles. The Morgan fingerprint density at radius 3 is 2.38 bits per heavy atom. The van der Waals surface area contributed by atoms with Crippen molar-refractivity contribution >= 4 is 40.5 Å². The van der Waals surface area contributed by atoms with E-state index >= 15 is 0 Å². The van der Waals surface area contributed by atoms with Gasteiger partial charge in [0.2, 0.25) is 11.7 Å². The number of amides is 1. The number of halogens is 1. The lowest BCUT2D eigenvalue weighted by molar-refractivity contribution is -0.164. The summed E-state index contributed by atoms with van der Waals surface area (Å²) in [4.78, 5) is 42.0. The van der Waals surface area contributed by atoms with Gasteiger partial charge in [-0.3, -0.25) is 4.79 Å². The standard InChI is InChI=1S/C54H72ClN13O4/c1-6-39-33-61-68-45(29-46(62-49(39)68)67-19-8-7-10-41(67)17-26-69)57-31-38-11-14-47(58-32-38)71-27-9-18-64-22-24-65(25-23-64)36-37-15-20-66(21-16-37)42-34-59-48(60-35-42)50(70)63-51-53(2,3)52(54(51,4)5)72-43-13-12-40(30-56)44(55)28-43/h11-14,28-29,32-35,37,41,51-52,57,69H,6-10,15-27,31,36H2,1-5H3,(H,63,70)/t41-,51?,52?/m1/s1. The molecule has 1 saturated carbocycles. The molecule has 7 heterocycles. The van der Waals surface area contributed by atoms with Gasteiger partial charge in [0.05, 0.1) is 41.5 Å². The van der Waals surface area contributed by atoms with Crippen LogP contribution in [0.25, 0.3) is 5.65 Å². The van der Waals surface area contributed by atoms with E-state index in [2.05, 4.69) is 103 Å². The number of rotatable bonds is 19. The second-order valence-corrected chi connectivity index (χ2v) is 21.7. The number of carbonyl (C=O) groups excluding carboxylic acids is 1. The highest BCUT2D eigenvalue weighted by molar-refractivity contribution is 6.31. The molecule has 9 rings (SSSR count). The number of aromatic nitrogens is 6. The maximum atomic E-state index is 13.4. The van der Waals surface area contributed by atoms with E-state index in [1.165, 1.54) is 6.42 Å². The summed E-state index contributed by atoms with van der Waals surface area (Å²) < 4.78 is 14.4. The Morgan fingerprint density at radius 2 is 1.68 bits per heavy atom. The van der Waals surface area contributed by atoms with Crippen LogP contribution in [0.1, 0.15) is 107 Å². The first-order chi connectivity index (χ1) is 34.8. The number of aliphatic hydroxyl groups is 1. The van der Waals surface area contributed by atoms with E-state index in [1.807, 2.05) is 23.0 Å². The summed E-state index contributed by atoms with van der Waals surface area (Å²) in [7, 11) is 0. The number of hydrogen-bond donors (Lipinski definition) is 3. The number of carbonyl (C=O) groups is 1. The highest BCUT2D eigenvalue weighted by Crippen LogP contribution is 2.55.